The largest absolute Gasteiger partial charge is 0.410 e. The van der Waals surface area contributed by atoms with E-state index in [1.54, 1.807) is 6.07 Å². The Labute approximate surface area is 132 Å². The minimum atomic E-state index is -3.18. The highest BCUT2D eigenvalue weighted by atomic mass is 28.4. The minimum Gasteiger partial charge on any atom is -0.410 e. The van der Waals surface area contributed by atoms with Gasteiger partial charge in [-0.05, 0) is 42.1 Å². The Kier molecular flexibility index (Phi) is 4.55. The number of aliphatic hydroxyl groups excluding tert-OH is 1. The highest BCUT2D eigenvalue weighted by molar-refractivity contribution is 6.74. The van der Waals surface area contributed by atoms with Crippen LogP contribution in [0.25, 0.3) is 0 Å². The third-order valence-corrected chi connectivity index (χ3v) is 9.54. The van der Waals surface area contributed by atoms with Crippen LogP contribution in [0.3, 0.4) is 0 Å². The molecule has 2 rings (SSSR count). The summed E-state index contributed by atoms with van der Waals surface area (Å²) in [6.45, 7) is 9.72. The molecule has 1 atom stereocenters. The van der Waals surface area contributed by atoms with Crippen LogP contribution in [0.4, 0.5) is 8.78 Å². The molecular weight excluding hydrogens is 302 g/mol. The number of aliphatic hydroxyl groups is 1. The topological polar surface area (TPSA) is 29.5 Å². The van der Waals surface area contributed by atoms with Crippen molar-refractivity contribution >= 4 is 8.32 Å². The zero-order chi connectivity index (χ0) is 16.8. The van der Waals surface area contributed by atoms with Crippen LogP contribution < -0.4 is 0 Å². The number of halogens is 2. The molecule has 1 N–H and O–H groups in total. The van der Waals surface area contributed by atoms with E-state index in [0.717, 1.165) is 12.0 Å². The molecule has 2 nitrogen and oxygen atoms in total. The lowest BCUT2D eigenvalue weighted by Crippen LogP contribution is -2.41. The van der Waals surface area contributed by atoms with E-state index in [0.29, 0.717) is 12.0 Å². The van der Waals surface area contributed by atoms with Gasteiger partial charge in [0.25, 0.3) is 5.92 Å². The van der Waals surface area contributed by atoms with Gasteiger partial charge in [-0.1, -0.05) is 39.0 Å². The molecule has 0 saturated carbocycles. The van der Waals surface area contributed by atoms with Crippen molar-refractivity contribution in [1.29, 1.82) is 0 Å². The number of alkyl halides is 2. The van der Waals surface area contributed by atoms with Crippen LogP contribution in [0, 0.1) is 0 Å². The predicted molar refractivity (Wildman–Crippen MR) is 86.8 cm³/mol. The molecule has 0 aliphatic heterocycles. The third-order valence-electron chi connectivity index (χ3n) is 5.05. The molecule has 0 amide bonds. The van der Waals surface area contributed by atoms with E-state index in [1.807, 2.05) is 6.07 Å². The van der Waals surface area contributed by atoms with Crippen molar-refractivity contribution in [1.82, 2.24) is 0 Å². The smallest absolute Gasteiger partial charge is 0.296 e. The molecular formula is C17H26F2O2Si. The number of benzene rings is 1. The van der Waals surface area contributed by atoms with Crippen molar-refractivity contribution in [3.63, 3.8) is 0 Å². The minimum absolute atomic E-state index is 0.0474. The number of fused-ring (bicyclic) bond motifs is 1. The van der Waals surface area contributed by atoms with Crippen LogP contribution >= 0.6 is 0 Å². The molecule has 1 aromatic rings. The van der Waals surface area contributed by atoms with E-state index >= 15 is 0 Å². The number of hydrogen-bond donors (Lipinski definition) is 1. The van der Waals surface area contributed by atoms with E-state index in [1.165, 1.54) is 6.07 Å². The van der Waals surface area contributed by atoms with Crippen molar-refractivity contribution < 1.29 is 18.3 Å². The third kappa shape index (κ3) is 3.12. The van der Waals surface area contributed by atoms with Crippen LogP contribution in [-0.2, 0) is 16.8 Å². The maximum atomic E-state index is 13.9. The molecule has 1 aromatic carbocycles. The zero-order valence-electron chi connectivity index (χ0n) is 14.0. The Morgan fingerprint density at radius 1 is 1.27 bits per heavy atom. The second-order valence-electron chi connectivity index (χ2n) is 7.64. The Hall–Kier alpha value is -0.783. The van der Waals surface area contributed by atoms with E-state index in [2.05, 4.69) is 33.9 Å². The second kappa shape index (κ2) is 5.69. The van der Waals surface area contributed by atoms with Crippen LogP contribution in [0.5, 0.6) is 0 Å². The lowest BCUT2D eigenvalue weighted by atomic mass is 9.98. The van der Waals surface area contributed by atoms with Gasteiger partial charge in [0, 0.05) is 5.56 Å². The first-order chi connectivity index (χ1) is 9.99. The maximum absolute atomic E-state index is 13.9. The lowest BCUT2D eigenvalue weighted by molar-refractivity contribution is -0.0562. The van der Waals surface area contributed by atoms with Crippen molar-refractivity contribution in [3.05, 3.63) is 34.9 Å². The van der Waals surface area contributed by atoms with E-state index in [4.69, 9.17) is 9.53 Å². The van der Waals surface area contributed by atoms with Gasteiger partial charge in [-0.2, -0.15) is 8.78 Å². The van der Waals surface area contributed by atoms with E-state index in [9.17, 15) is 8.78 Å². The fourth-order valence-corrected chi connectivity index (χ4v) is 4.01. The summed E-state index contributed by atoms with van der Waals surface area (Å²) in [6, 6.07) is 4.95. The molecule has 1 aliphatic carbocycles. The summed E-state index contributed by atoms with van der Waals surface area (Å²) >= 11 is 0. The van der Waals surface area contributed by atoms with Crippen molar-refractivity contribution in [2.75, 3.05) is 6.61 Å². The molecule has 0 radical (unpaired) electrons. The van der Waals surface area contributed by atoms with Crippen LogP contribution in [0.1, 0.15) is 50.0 Å². The molecule has 0 saturated heterocycles. The van der Waals surface area contributed by atoms with Gasteiger partial charge in [-0.3, -0.25) is 0 Å². The van der Waals surface area contributed by atoms with E-state index < -0.39 is 20.8 Å². The molecule has 0 aromatic heterocycles. The van der Waals surface area contributed by atoms with Gasteiger partial charge in [-0.15, -0.1) is 0 Å². The Morgan fingerprint density at radius 3 is 2.45 bits per heavy atom. The van der Waals surface area contributed by atoms with Crippen LogP contribution in [0.2, 0.25) is 18.1 Å². The molecule has 0 fully saturated rings. The highest BCUT2D eigenvalue weighted by Crippen LogP contribution is 2.45. The number of rotatable bonds is 4. The van der Waals surface area contributed by atoms with Crippen molar-refractivity contribution in [2.24, 2.45) is 0 Å². The fraction of sp³-hybridized carbons (Fsp3) is 0.647. The standard InChI is InChI=1S/C17H26F2O2Si/c1-16(2,3)22(4,5)21-15-10-9-12-13(15)7-6-8-14(12)17(18,19)11-20/h6-8,15,20H,9-11H2,1-5H3. The van der Waals surface area contributed by atoms with Crippen molar-refractivity contribution in [2.45, 2.75) is 63.8 Å². The quantitative estimate of drug-likeness (QED) is 0.806. The highest BCUT2D eigenvalue weighted by Gasteiger charge is 2.42. The summed E-state index contributed by atoms with van der Waals surface area (Å²) in [5.74, 6) is -3.18. The van der Waals surface area contributed by atoms with Gasteiger partial charge >= 0.3 is 0 Å². The molecule has 22 heavy (non-hydrogen) atoms. The molecule has 1 unspecified atom stereocenters. The molecule has 5 heteroatoms. The first kappa shape index (κ1) is 17.6. The Bertz CT molecular complexity index is 550. The molecule has 124 valence electrons. The molecule has 0 spiro atoms. The molecule has 0 bridgehead atoms. The normalized spacial score (nSPS) is 19.4. The summed E-state index contributed by atoms with van der Waals surface area (Å²) in [7, 11) is -1.95. The van der Waals surface area contributed by atoms with Gasteiger partial charge in [-0.25, -0.2) is 0 Å². The summed E-state index contributed by atoms with van der Waals surface area (Å²) in [5.41, 5.74) is 1.48. The molecule has 1 aliphatic rings. The first-order valence-corrected chi connectivity index (χ1v) is 10.7. The predicted octanol–water partition coefficient (Wildman–Crippen LogP) is 4.78. The zero-order valence-corrected chi connectivity index (χ0v) is 15.0. The average molecular weight is 328 g/mol. The lowest BCUT2D eigenvalue weighted by Gasteiger charge is -2.38. The average Bonchev–Trinajstić information content (AvgIpc) is 2.80. The van der Waals surface area contributed by atoms with Gasteiger partial charge in [0.2, 0.25) is 0 Å². The SMILES string of the molecule is CC(C)(C)[Si](C)(C)OC1CCc2c1cccc2C(F)(F)CO. The van der Waals surface area contributed by atoms with Gasteiger partial charge in [0.1, 0.15) is 6.61 Å². The summed E-state index contributed by atoms with van der Waals surface area (Å²) in [5, 5.41) is 9.05. The van der Waals surface area contributed by atoms with Crippen LogP contribution in [0.15, 0.2) is 18.2 Å². The second-order valence-corrected chi connectivity index (χ2v) is 12.4. The van der Waals surface area contributed by atoms with Crippen molar-refractivity contribution in [3.8, 4) is 0 Å². The Morgan fingerprint density at radius 2 is 1.91 bits per heavy atom. The van der Waals surface area contributed by atoms with Gasteiger partial charge in [0.05, 0.1) is 6.10 Å². The summed E-state index contributed by atoms with van der Waals surface area (Å²) in [6.07, 6.45) is 1.21. The molecule has 0 heterocycles. The van der Waals surface area contributed by atoms with E-state index in [-0.39, 0.29) is 16.7 Å². The monoisotopic (exact) mass is 328 g/mol. The first-order valence-electron chi connectivity index (χ1n) is 7.78. The van der Waals surface area contributed by atoms with Crippen LogP contribution in [-0.4, -0.2) is 20.0 Å². The van der Waals surface area contributed by atoms with Gasteiger partial charge in [0.15, 0.2) is 8.32 Å². The van der Waals surface area contributed by atoms with Gasteiger partial charge < -0.3 is 9.53 Å². The fourth-order valence-electron chi connectivity index (χ4n) is 2.70. The summed E-state index contributed by atoms with van der Waals surface area (Å²) in [4.78, 5) is 0. The Balaban J connectivity index is 2.33. The maximum Gasteiger partial charge on any atom is 0.296 e. The summed E-state index contributed by atoms with van der Waals surface area (Å²) < 4.78 is 34.2. The number of hydrogen-bond acceptors (Lipinski definition) is 2.